The maximum atomic E-state index is 13.1. The van der Waals surface area contributed by atoms with Gasteiger partial charge >= 0.3 is 11.9 Å². The second kappa shape index (κ2) is 17.7. The molecule has 0 spiro atoms. The number of carbonyl (C=O) groups is 2. The van der Waals surface area contributed by atoms with Gasteiger partial charge in [-0.25, -0.2) is 4.79 Å². The van der Waals surface area contributed by atoms with Crippen molar-refractivity contribution in [1.29, 1.82) is 0 Å². The molecule has 0 radical (unpaired) electrons. The van der Waals surface area contributed by atoms with Gasteiger partial charge in [0.1, 0.15) is 5.75 Å². The van der Waals surface area contributed by atoms with Crippen molar-refractivity contribution < 1.29 is 19.4 Å². The van der Waals surface area contributed by atoms with Gasteiger partial charge < -0.3 is 9.84 Å². The Morgan fingerprint density at radius 1 is 0.766 bits per heavy atom. The SMILES string of the molecule is CCCCCC=CC/C=C/CCCCCCCC(=O)Oc1ccc(-c2ccc(C=CC(=O)O)cc2)cc1C12CC3CC(CC(C3)C1)C2. The first-order valence-electron chi connectivity index (χ1n) is 18.6. The summed E-state index contributed by atoms with van der Waals surface area (Å²) in [5.41, 5.74) is 4.40. The first-order chi connectivity index (χ1) is 22.9. The molecule has 252 valence electrons. The second-order valence-electron chi connectivity index (χ2n) is 14.7. The van der Waals surface area contributed by atoms with E-state index in [0.717, 1.165) is 72.3 Å². The molecule has 4 nitrogen and oxygen atoms in total. The lowest BCUT2D eigenvalue weighted by Gasteiger charge is -2.57. The number of carboxylic acid groups (broad SMARTS) is 1. The normalized spacial score (nSPS) is 23.4. The Labute approximate surface area is 283 Å². The predicted molar refractivity (Wildman–Crippen MR) is 193 cm³/mol. The van der Waals surface area contributed by atoms with Gasteiger partial charge in [-0.2, -0.15) is 0 Å². The molecular formula is C43H56O4. The molecule has 0 amide bonds. The highest BCUT2D eigenvalue weighted by molar-refractivity contribution is 5.85. The molecule has 4 heteroatoms. The molecule has 4 saturated carbocycles. The number of unbranched alkanes of at least 4 members (excludes halogenated alkanes) is 8. The van der Waals surface area contributed by atoms with Gasteiger partial charge in [0.2, 0.25) is 0 Å². The van der Waals surface area contributed by atoms with E-state index in [1.807, 2.05) is 18.2 Å². The number of benzene rings is 2. The van der Waals surface area contributed by atoms with Gasteiger partial charge in [-0.15, -0.1) is 0 Å². The molecule has 0 atom stereocenters. The fourth-order valence-corrected chi connectivity index (χ4v) is 8.86. The van der Waals surface area contributed by atoms with E-state index in [1.165, 1.54) is 88.7 Å². The van der Waals surface area contributed by atoms with E-state index >= 15 is 0 Å². The lowest BCUT2D eigenvalue weighted by Crippen LogP contribution is -2.48. The van der Waals surface area contributed by atoms with E-state index in [-0.39, 0.29) is 11.4 Å². The first kappa shape index (κ1) is 34.9. The average Bonchev–Trinajstić information content (AvgIpc) is 3.05. The molecule has 6 rings (SSSR count). The summed E-state index contributed by atoms with van der Waals surface area (Å²) in [6, 6.07) is 14.4. The van der Waals surface area contributed by atoms with Crippen LogP contribution in [0.4, 0.5) is 0 Å². The van der Waals surface area contributed by atoms with Crippen molar-refractivity contribution in [3.63, 3.8) is 0 Å². The maximum Gasteiger partial charge on any atom is 0.328 e. The summed E-state index contributed by atoms with van der Waals surface area (Å²) in [7, 11) is 0. The number of allylic oxidation sites excluding steroid dienone is 4. The summed E-state index contributed by atoms with van der Waals surface area (Å²) >= 11 is 0. The van der Waals surface area contributed by atoms with Crippen LogP contribution in [0.15, 0.2) is 72.8 Å². The van der Waals surface area contributed by atoms with Crippen LogP contribution in [-0.2, 0) is 15.0 Å². The van der Waals surface area contributed by atoms with Gasteiger partial charge in [0.25, 0.3) is 0 Å². The highest BCUT2D eigenvalue weighted by Gasteiger charge is 2.52. The van der Waals surface area contributed by atoms with Crippen LogP contribution >= 0.6 is 0 Å². The number of ether oxygens (including phenoxy) is 1. The van der Waals surface area contributed by atoms with E-state index in [2.05, 4.69) is 55.5 Å². The van der Waals surface area contributed by atoms with Crippen molar-refractivity contribution in [2.24, 2.45) is 17.8 Å². The third kappa shape index (κ3) is 10.3. The van der Waals surface area contributed by atoms with Crippen LogP contribution in [0.2, 0.25) is 0 Å². The fourth-order valence-electron chi connectivity index (χ4n) is 8.86. The summed E-state index contributed by atoms with van der Waals surface area (Å²) in [5.74, 6) is 2.09. The highest BCUT2D eigenvalue weighted by atomic mass is 16.5. The smallest absolute Gasteiger partial charge is 0.328 e. The quantitative estimate of drug-likeness (QED) is 0.0548. The van der Waals surface area contributed by atoms with Crippen LogP contribution in [-0.4, -0.2) is 17.0 Å². The third-order valence-corrected chi connectivity index (χ3v) is 10.8. The van der Waals surface area contributed by atoms with Crippen molar-refractivity contribution in [3.05, 3.63) is 84.0 Å². The molecule has 0 saturated heterocycles. The number of hydrogen-bond acceptors (Lipinski definition) is 3. The highest BCUT2D eigenvalue weighted by Crippen LogP contribution is 2.62. The molecule has 4 bridgehead atoms. The van der Waals surface area contributed by atoms with Crippen LogP contribution in [0.3, 0.4) is 0 Å². The molecule has 0 unspecified atom stereocenters. The Hall–Kier alpha value is -3.40. The van der Waals surface area contributed by atoms with Gasteiger partial charge in [-0.1, -0.05) is 93.7 Å². The topological polar surface area (TPSA) is 63.6 Å². The Balaban J connectivity index is 1.13. The third-order valence-electron chi connectivity index (χ3n) is 10.8. The minimum absolute atomic E-state index is 0.101. The fraction of sp³-hybridized carbons (Fsp3) is 0.535. The summed E-state index contributed by atoms with van der Waals surface area (Å²) in [6.07, 6.45) is 33.0. The largest absolute Gasteiger partial charge is 0.478 e. The molecule has 47 heavy (non-hydrogen) atoms. The summed E-state index contributed by atoms with van der Waals surface area (Å²) < 4.78 is 6.20. The number of esters is 1. The minimum Gasteiger partial charge on any atom is -0.478 e. The maximum absolute atomic E-state index is 13.1. The Morgan fingerprint density at radius 2 is 1.36 bits per heavy atom. The summed E-state index contributed by atoms with van der Waals surface area (Å²) in [6.45, 7) is 2.25. The van der Waals surface area contributed by atoms with Crippen molar-refractivity contribution in [2.45, 2.75) is 128 Å². The van der Waals surface area contributed by atoms with Gasteiger partial charge in [-0.05, 0) is 135 Å². The zero-order chi connectivity index (χ0) is 32.9. The van der Waals surface area contributed by atoms with E-state index in [1.54, 1.807) is 6.08 Å². The van der Waals surface area contributed by atoms with Gasteiger partial charge in [-0.3, -0.25) is 4.79 Å². The molecule has 4 fully saturated rings. The molecular weight excluding hydrogens is 580 g/mol. The zero-order valence-corrected chi connectivity index (χ0v) is 28.6. The average molecular weight is 637 g/mol. The Kier molecular flexibility index (Phi) is 13.1. The molecule has 0 aromatic heterocycles. The van der Waals surface area contributed by atoms with Gasteiger partial charge in [0, 0.05) is 18.1 Å². The molecule has 2 aromatic rings. The zero-order valence-electron chi connectivity index (χ0n) is 28.6. The van der Waals surface area contributed by atoms with E-state index in [9.17, 15) is 9.59 Å². The lowest BCUT2D eigenvalue weighted by atomic mass is 9.48. The Bertz CT molecular complexity index is 1360. The van der Waals surface area contributed by atoms with Crippen molar-refractivity contribution in [1.82, 2.24) is 0 Å². The van der Waals surface area contributed by atoms with Crippen LogP contribution in [0.25, 0.3) is 17.2 Å². The number of carbonyl (C=O) groups excluding carboxylic acids is 1. The molecule has 2 aromatic carbocycles. The Morgan fingerprint density at radius 3 is 2.00 bits per heavy atom. The summed E-state index contributed by atoms with van der Waals surface area (Å²) in [4.78, 5) is 24.1. The lowest BCUT2D eigenvalue weighted by molar-refractivity contribution is -0.134. The van der Waals surface area contributed by atoms with Crippen LogP contribution in [0.5, 0.6) is 5.75 Å². The number of carboxylic acids is 1. The van der Waals surface area contributed by atoms with Crippen molar-refractivity contribution in [2.75, 3.05) is 0 Å². The van der Waals surface area contributed by atoms with Crippen LogP contribution in [0, 0.1) is 17.8 Å². The predicted octanol–water partition coefficient (Wildman–Crippen LogP) is 11.6. The molecule has 0 aliphatic heterocycles. The summed E-state index contributed by atoms with van der Waals surface area (Å²) in [5, 5.41) is 8.97. The van der Waals surface area contributed by atoms with E-state index < -0.39 is 5.97 Å². The number of rotatable bonds is 19. The van der Waals surface area contributed by atoms with Crippen molar-refractivity contribution >= 4 is 18.0 Å². The number of aliphatic carboxylic acids is 1. The van der Waals surface area contributed by atoms with E-state index in [0.29, 0.717) is 6.42 Å². The van der Waals surface area contributed by atoms with Gasteiger partial charge in [0.05, 0.1) is 0 Å². The standard InChI is InChI=1S/C43H56O4/c1-2-3-4-5-6-7-8-9-10-11-12-13-14-15-16-17-42(46)47-40-24-23-38(37-21-18-33(19-22-37)20-25-41(44)45)29-39(40)43-30-34-26-35(31-43)28-36(27-34)32-43/h6-7,9-10,18-25,29,34-36H,2-5,8,11-17,26-28,30-32H2,1H3,(H,44,45)/b7-6?,10-9+,25-20?. The molecule has 1 N–H and O–H groups in total. The minimum atomic E-state index is -0.949. The van der Waals surface area contributed by atoms with Gasteiger partial charge in [0.15, 0.2) is 0 Å². The second-order valence-corrected chi connectivity index (χ2v) is 14.7. The molecule has 0 heterocycles. The molecule has 4 aliphatic carbocycles. The van der Waals surface area contributed by atoms with Crippen molar-refractivity contribution in [3.8, 4) is 16.9 Å². The first-order valence-corrected chi connectivity index (χ1v) is 18.6. The van der Waals surface area contributed by atoms with Crippen LogP contribution in [0.1, 0.15) is 134 Å². The van der Waals surface area contributed by atoms with E-state index in [4.69, 9.17) is 9.84 Å². The molecule has 4 aliphatic rings. The van der Waals surface area contributed by atoms with Crippen LogP contribution < -0.4 is 4.74 Å². The monoisotopic (exact) mass is 636 g/mol. The number of hydrogen-bond donors (Lipinski definition) is 1.